The fourth-order valence-corrected chi connectivity index (χ4v) is 2.98. The van der Waals surface area contributed by atoms with Crippen LogP contribution in [0.2, 0.25) is 0 Å². The van der Waals surface area contributed by atoms with E-state index in [2.05, 4.69) is 31.9 Å². The Morgan fingerprint density at radius 3 is 1.17 bits per heavy atom. The van der Waals surface area contributed by atoms with Crippen molar-refractivity contribution < 1.29 is 19.8 Å². The van der Waals surface area contributed by atoms with Crippen LogP contribution < -0.4 is 0 Å². The second-order valence-electron chi connectivity index (χ2n) is 5.12. The molecule has 0 heterocycles. The van der Waals surface area contributed by atoms with Gasteiger partial charge in [0.2, 0.25) is 11.6 Å². The number of aliphatic hydroxyl groups is 2. The highest BCUT2D eigenvalue weighted by atomic mass is 79.9. The van der Waals surface area contributed by atoms with E-state index < -0.39 is 23.1 Å². The Kier molecular flexibility index (Phi) is 4.43. The van der Waals surface area contributed by atoms with Crippen LogP contribution >= 0.6 is 31.9 Å². The summed E-state index contributed by atoms with van der Waals surface area (Å²) in [7, 11) is 0. The molecule has 0 atom stereocenters. The molecule has 0 amide bonds. The predicted octanol–water partition coefficient (Wildman–Crippen LogP) is 4.60. The Labute approximate surface area is 154 Å². The standard InChI is InChI=1S/C18H10Br2O4/c19-11-5-1-9(2-6-11)13-15(21)17(23)14(18(24)16(13)22)10-3-7-12(20)8-4-10/h1-8,21,24H. The molecule has 24 heavy (non-hydrogen) atoms. The number of aliphatic hydroxyl groups excluding tert-OH is 2. The van der Waals surface area contributed by atoms with E-state index in [9.17, 15) is 19.8 Å². The van der Waals surface area contributed by atoms with Gasteiger partial charge in [0, 0.05) is 8.95 Å². The molecule has 0 unspecified atom stereocenters. The molecule has 2 aromatic rings. The molecule has 1 aliphatic rings. The molecular formula is C18H10Br2O4. The molecule has 2 N–H and O–H groups in total. The quantitative estimate of drug-likeness (QED) is 0.657. The van der Waals surface area contributed by atoms with E-state index in [-0.39, 0.29) is 11.1 Å². The first kappa shape index (κ1) is 16.7. The van der Waals surface area contributed by atoms with E-state index in [1.165, 1.54) is 0 Å². The monoisotopic (exact) mass is 448 g/mol. The van der Waals surface area contributed by atoms with Crippen molar-refractivity contribution >= 4 is 54.6 Å². The lowest BCUT2D eigenvalue weighted by atomic mass is 9.86. The van der Waals surface area contributed by atoms with E-state index in [1.807, 2.05) is 0 Å². The molecule has 0 bridgehead atoms. The number of Topliss-reactive ketones (excluding diaryl/α,β-unsaturated/α-hetero) is 2. The van der Waals surface area contributed by atoms with Crippen molar-refractivity contribution in [1.82, 2.24) is 0 Å². The summed E-state index contributed by atoms with van der Waals surface area (Å²) in [5.41, 5.74) is 0.308. The third kappa shape index (κ3) is 2.83. The van der Waals surface area contributed by atoms with Crippen molar-refractivity contribution in [3.8, 4) is 0 Å². The minimum absolute atomic E-state index is 0.203. The summed E-state index contributed by atoms with van der Waals surface area (Å²) in [5.74, 6) is -2.91. The normalized spacial score (nSPS) is 15.2. The van der Waals surface area contributed by atoms with Crippen LogP contribution in [-0.4, -0.2) is 21.8 Å². The maximum atomic E-state index is 12.5. The van der Waals surface area contributed by atoms with Crippen molar-refractivity contribution in [2.75, 3.05) is 0 Å². The van der Waals surface area contributed by atoms with Crippen molar-refractivity contribution in [1.29, 1.82) is 0 Å². The van der Waals surface area contributed by atoms with Crippen LogP contribution in [0.5, 0.6) is 0 Å². The van der Waals surface area contributed by atoms with Gasteiger partial charge >= 0.3 is 0 Å². The molecule has 0 fully saturated rings. The van der Waals surface area contributed by atoms with Gasteiger partial charge in [-0.25, -0.2) is 0 Å². The van der Waals surface area contributed by atoms with Crippen LogP contribution in [-0.2, 0) is 9.59 Å². The number of benzene rings is 2. The van der Waals surface area contributed by atoms with Crippen LogP contribution in [0.25, 0.3) is 11.1 Å². The van der Waals surface area contributed by atoms with Crippen LogP contribution in [0.15, 0.2) is 69.0 Å². The summed E-state index contributed by atoms with van der Waals surface area (Å²) in [6, 6.07) is 13.0. The number of hydrogen-bond donors (Lipinski definition) is 2. The molecule has 4 nitrogen and oxygen atoms in total. The van der Waals surface area contributed by atoms with Crippen molar-refractivity contribution in [2.24, 2.45) is 0 Å². The van der Waals surface area contributed by atoms with Crippen LogP contribution in [0.4, 0.5) is 0 Å². The maximum Gasteiger partial charge on any atom is 0.232 e. The molecule has 0 aromatic heterocycles. The van der Waals surface area contributed by atoms with E-state index in [4.69, 9.17) is 0 Å². The van der Waals surface area contributed by atoms with Gasteiger partial charge in [0.05, 0.1) is 11.1 Å². The van der Waals surface area contributed by atoms with Gasteiger partial charge in [0.25, 0.3) is 0 Å². The molecule has 0 radical (unpaired) electrons. The molecule has 0 spiro atoms. The number of halogens is 2. The second-order valence-corrected chi connectivity index (χ2v) is 6.95. The lowest BCUT2D eigenvalue weighted by Gasteiger charge is -2.18. The average molecular weight is 450 g/mol. The molecule has 0 saturated carbocycles. The molecule has 6 heteroatoms. The van der Waals surface area contributed by atoms with Crippen LogP contribution in [0.3, 0.4) is 0 Å². The van der Waals surface area contributed by atoms with Gasteiger partial charge in [-0.1, -0.05) is 56.1 Å². The summed E-state index contributed by atoms with van der Waals surface area (Å²) in [4.78, 5) is 25.0. The number of hydrogen-bond acceptors (Lipinski definition) is 4. The molecular weight excluding hydrogens is 440 g/mol. The number of ketones is 2. The zero-order chi connectivity index (χ0) is 17.4. The Morgan fingerprint density at radius 2 is 0.875 bits per heavy atom. The Bertz CT molecular complexity index is 830. The molecule has 2 aromatic carbocycles. The number of allylic oxidation sites excluding steroid dienone is 2. The van der Waals surface area contributed by atoms with E-state index >= 15 is 0 Å². The van der Waals surface area contributed by atoms with Gasteiger partial charge in [-0.3, -0.25) is 9.59 Å². The van der Waals surface area contributed by atoms with Crippen molar-refractivity contribution in [3.05, 3.63) is 80.1 Å². The first-order valence-electron chi connectivity index (χ1n) is 6.88. The van der Waals surface area contributed by atoms with Gasteiger partial charge in [-0.05, 0) is 35.4 Å². The summed E-state index contributed by atoms with van der Waals surface area (Å²) in [6.07, 6.45) is 0. The van der Waals surface area contributed by atoms with Crippen molar-refractivity contribution in [2.45, 2.75) is 0 Å². The first-order chi connectivity index (χ1) is 11.4. The highest BCUT2D eigenvalue weighted by Gasteiger charge is 2.36. The van der Waals surface area contributed by atoms with Gasteiger partial charge in [0.15, 0.2) is 11.5 Å². The van der Waals surface area contributed by atoms with Gasteiger partial charge in [-0.2, -0.15) is 0 Å². The number of rotatable bonds is 2. The smallest absolute Gasteiger partial charge is 0.232 e. The van der Waals surface area contributed by atoms with Crippen molar-refractivity contribution in [3.63, 3.8) is 0 Å². The second kappa shape index (κ2) is 6.37. The van der Waals surface area contributed by atoms with Gasteiger partial charge < -0.3 is 10.2 Å². The topological polar surface area (TPSA) is 74.6 Å². The fraction of sp³-hybridized carbons (Fsp3) is 0. The van der Waals surface area contributed by atoms with E-state index in [1.54, 1.807) is 48.5 Å². The lowest BCUT2D eigenvalue weighted by molar-refractivity contribution is -0.116. The Morgan fingerprint density at radius 1 is 0.583 bits per heavy atom. The fourth-order valence-electron chi connectivity index (χ4n) is 2.45. The molecule has 0 aliphatic heterocycles. The van der Waals surface area contributed by atoms with Gasteiger partial charge in [0.1, 0.15) is 0 Å². The van der Waals surface area contributed by atoms with Gasteiger partial charge in [-0.15, -0.1) is 0 Å². The summed E-state index contributed by atoms with van der Waals surface area (Å²) in [6.45, 7) is 0. The molecule has 120 valence electrons. The summed E-state index contributed by atoms with van der Waals surface area (Å²) >= 11 is 6.55. The number of carbonyl (C=O) groups excluding carboxylic acids is 2. The molecule has 1 aliphatic carbocycles. The first-order valence-corrected chi connectivity index (χ1v) is 8.46. The highest BCUT2D eigenvalue weighted by molar-refractivity contribution is 9.10. The van der Waals surface area contributed by atoms with Crippen LogP contribution in [0, 0.1) is 0 Å². The molecule has 3 rings (SSSR count). The summed E-state index contributed by atoms with van der Waals surface area (Å²) in [5, 5.41) is 20.6. The minimum atomic E-state index is -0.785. The minimum Gasteiger partial charge on any atom is -0.504 e. The van der Waals surface area contributed by atoms with Crippen LogP contribution in [0.1, 0.15) is 11.1 Å². The predicted molar refractivity (Wildman–Crippen MR) is 97.4 cm³/mol. The zero-order valence-corrected chi connectivity index (χ0v) is 15.3. The average Bonchev–Trinajstić information content (AvgIpc) is 2.57. The molecule has 0 saturated heterocycles. The largest absolute Gasteiger partial charge is 0.504 e. The van der Waals surface area contributed by atoms with E-state index in [0.717, 1.165) is 8.95 Å². The zero-order valence-electron chi connectivity index (χ0n) is 12.1. The lowest BCUT2D eigenvalue weighted by Crippen LogP contribution is -2.22. The Hall–Kier alpha value is -2.18. The number of carbonyl (C=O) groups is 2. The Balaban J connectivity index is 2.12. The highest BCUT2D eigenvalue weighted by Crippen LogP contribution is 2.34. The third-order valence-electron chi connectivity index (χ3n) is 3.62. The van der Waals surface area contributed by atoms with E-state index in [0.29, 0.717) is 11.1 Å². The summed E-state index contributed by atoms with van der Waals surface area (Å²) < 4.78 is 1.58. The third-order valence-corrected chi connectivity index (χ3v) is 4.68. The maximum absolute atomic E-state index is 12.5. The SMILES string of the molecule is O=C1C(O)=C(c2ccc(Br)cc2)C(=O)C(O)=C1c1ccc(Br)cc1.